The smallest absolute Gasteiger partial charge is 0.0952 e. The zero-order valence-corrected chi connectivity index (χ0v) is 10.9. The Morgan fingerprint density at radius 1 is 1.12 bits per heavy atom. The van der Waals surface area contributed by atoms with Gasteiger partial charge in [-0.05, 0) is 24.9 Å². The SMILES string of the molecule is Cl.c1ccc(C2CN3CCCCC3CO2)cc1. The Morgan fingerprint density at radius 3 is 2.76 bits per heavy atom. The zero-order chi connectivity index (χ0) is 10.8. The van der Waals surface area contributed by atoms with Gasteiger partial charge in [-0.15, -0.1) is 12.4 Å². The van der Waals surface area contributed by atoms with E-state index in [0.29, 0.717) is 6.04 Å². The lowest BCUT2D eigenvalue weighted by atomic mass is 9.98. The summed E-state index contributed by atoms with van der Waals surface area (Å²) < 4.78 is 5.99. The summed E-state index contributed by atoms with van der Waals surface area (Å²) in [5.74, 6) is 0. The minimum Gasteiger partial charge on any atom is -0.371 e. The van der Waals surface area contributed by atoms with Crippen LogP contribution in [-0.2, 0) is 4.74 Å². The quantitative estimate of drug-likeness (QED) is 0.763. The summed E-state index contributed by atoms with van der Waals surface area (Å²) in [4.78, 5) is 2.62. The van der Waals surface area contributed by atoms with Crippen molar-refractivity contribution in [3.05, 3.63) is 35.9 Å². The molecule has 0 radical (unpaired) electrons. The minimum atomic E-state index is 0. The van der Waals surface area contributed by atoms with Gasteiger partial charge in [-0.2, -0.15) is 0 Å². The van der Waals surface area contributed by atoms with E-state index < -0.39 is 0 Å². The highest BCUT2D eigenvalue weighted by Gasteiger charge is 2.30. The lowest BCUT2D eigenvalue weighted by Gasteiger charge is -2.42. The van der Waals surface area contributed by atoms with Crippen LogP contribution in [0.1, 0.15) is 30.9 Å². The van der Waals surface area contributed by atoms with Crippen LogP contribution in [0.3, 0.4) is 0 Å². The van der Waals surface area contributed by atoms with E-state index in [4.69, 9.17) is 4.74 Å². The molecule has 3 rings (SSSR count). The average molecular weight is 254 g/mol. The van der Waals surface area contributed by atoms with E-state index in [0.717, 1.165) is 13.2 Å². The van der Waals surface area contributed by atoms with Gasteiger partial charge in [0.05, 0.1) is 12.7 Å². The first-order chi connectivity index (χ1) is 7.93. The second-order valence-electron chi connectivity index (χ2n) is 4.88. The molecule has 0 saturated carbocycles. The molecule has 0 amide bonds. The molecule has 1 aromatic carbocycles. The first kappa shape index (κ1) is 12.9. The Bertz CT molecular complexity index is 343. The molecule has 94 valence electrons. The highest BCUT2D eigenvalue weighted by atomic mass is 35.5. The standard InChI is InChI=1S/C14H19NO.ClH/c1-2-6-12(7-3-1)14-10-15-9-5-4-8-13(15)11-16-14;/h1-3,6-7,13-14H,4-5,8-11H2;1H. The zero-order valence-electron chi connectivity index (χ0n) is 10.0. The molecule has 2 nitrogen and oxygen atoms in total. The molecule has 2 fully saturated rings. The number of ether oxygens (including phenoxy) is 1. The van der Waals surface area contributed by atoms with Gasteiger partial charge in [0.15, 0.2) is 0 Å². The molecule has 2 aliphatic heterocycles. The van der Waals surface area contributed by atoms with Crippen molar-refractivity contribution in [2.24, 2.45) is 0 Å². The van der Waals surface area contributed by atoms with Crippen LogP contribution in [0.25, 0.3) is 0 Å². The van der Waals surface area contributed by atoms with Crippen molar-refractivity contribution in [1.82, 2.24) is 4.90 Å². The van der Waals surface area contributed by atoms with Gasteiger partial charge in [0.2, 0.25) is 0 Å². The predicted octanol–water partition coefficient (Wildman–Crippen LogP) is 3.03. The van der Waals surface area contributed by atoms with Crippen LogP contribution in [0.15, 0.2) is 30.3 Å². The van der Waals surface area contributed by atoms with Crippen LogP contribution in [0.2, 0.25) is 0 Å². The van der Waals surface area contributed by atoms with Crippen molar-refractivity contribution in [3.8, 4) is 0 Å². The second kappa shape index (κ2) is 5.85. The lowest BCUT2D eigenvalue weighted by Crippen LogP contribution is -2.48. The lowest BCUT2D eigenvalue weighted by molar-refractivity contribution is -0.0766. The van der Waals surface area contributed by atoms with Crippen LogP contribution < -0.4 is 0 Å². The average Bonchev–Trinajstić information content (AvgIpc) is 2.39. The fraction of sp³-hybridized carbons (Fsp3) is 0.571. The normalized spacial score (nSPS) is 29.2. The number of hydrogen-bond acceptors (Lipinski definition) is 2. The van der Waals surface area contributed by atoms with E-state index >= 15 is 0 Å². The molecule has 0 bridgehead atoms. The van der Waals surface area contributed by atoms with Crippen molar-refractivity contribution in [1.29, 1.82) is 0 Å². The van der Waals surface area contributed by atoms with Crippen LogP contribution >= 0.6 is 12.4 Å². The molecule has 17 heavy (non-hydrogen) atoms. The van der Waals surface area contributed by atoms with Gasteiger partial charge >= 0.3 is 0 Å². The number of piperidine rings is 1. The number of nitrogens with zero attached hydrogens (tertiary/aromatic N) is 1. The molecule has 1 aromatic rings. The second-order valence-corrected chi connectivity index (χ2v) is 4.88. The van der Waals surface area contributed by atoms with E-state index in [9.17, 15) is 0 Å². The number of hydrogen-bond donors (Lipinski definition) is 0. The predicted molar refractivity (Wildman–Crippen MR) is 71.6 cm³/mol. The van der Waals surface area contributed by atoms with Gasteiger partial charge in [-0.1, -0.05) is 36.8 Å². The maximum absolute atomic E-state index is 5.99. The fourth-order valence-electron chi connectivity index (χ4n) is 2.85. The third-order valence-corrected chi connectivity index (χ3v) is 3.81. The largest absolute Gasteiger partial charge is 0.371 e. The van der Waals surface area contributed by atoms with E-state index in [2.05, 4.69) is 35.2 Å². The van der Waals surface area contributed by atoms with E-state index in [1.807, 2.05) is 0 Å². The molecule has 3 heteroatoms. The van der Waals surface area contributed by atoms with Crippen LogP contribution in [-0.4, -0.2) is 30.6 Å². The third kappa shape index (κ3) is 2.82. The van der Waals surface area contributed by atoms with Crippen molar-refractivity contribution < 1.29 is 4.74 Å². The van der Waals surface area contributed by atoms with Gasteiger partial charge < -0.3 is 4.74 Å². The third-order valence-electron chi connectivity index (χ3n) is 3.81. The maximum atomic E-state index is 5.99. The molecule has 0 spiro atoms. The molecule has 0 N–H and O–H groups in total. The van der Waals surface area contributed by atoms with Crippen LogP contribution in [0.4, 0.5) is 0 Å². The molecule has 2 unspecified atom stereocenters. The molecule has 2 heterocycles. The molecule has 0 aromatic heterocycles. The minimum absolute atomic E-state index is 0. The maximum Gasteiger partial charge on any atom is 0.0952 e. The van der Waals surface area contributed by atoms with Gasteiger partial charge in [0, 0.05) is 12.6 Å². The number of rotatable bonds is 1. The molecular formula is C14H20ClNO. The molecule has 2 aliphatic rings. The summed E-state index contributed by atoms with van der Waals surface area (Å²) in [6.07, 6.45) is 4.34. The Hall–Kier alpha value is -0.570. The summed E-state index contributed by atoms with van der Waals surface area (Å²) >= 11 is 0. The summed E-state index contributed by atoms with van der Waals surface area (Å²) in [5.41, 5.74) is 1.33. The number of halogens is 1. The summed E-state index contributed by atoms with van der Waals surface area (Å²) in [5, 5.41) is 0. The highest BCUT2D eigenvalue weighted by molar-refractivity contribution is 5.85. The van der Waals surface area contributed by atoms with Gasteiger partial charge in [0.25, 0.3) is 0 Å². The first-order valence-electron chi connectivity index (χ1n) is 6.34. The first-order valence-corrected chi connectivity index (χ1v) is 6.34. The van der Waals surface area contributed by atoms with Crippen molar-refractivity contribution >= 4 is 12.4 Å². The van der Waals surface area contributed by atoms with Gasteiger partial charge in [-0.25, -0.2) is 0 Å². The summed E-state index contributed by atoms with van der Waals surface area (Å²) in [6, 6.07) is 11.3. The highest BCUT2D eigenvalue weighted by Crippen LogP contribution is 2.29. The Balaban J connectivity index is 0.00000108. The summed E-state index contributed by atoms with van der Waals surface area (Å²) in [6.45, 7) is 3.26. The number of morpholine rings is 1. The Morgan fingerprint density at radius 2 is 1.94 bits per heavy atom. The Kier molecular flexibility index (Phi) is 4.43. The van der Waals surface area contributed by atoms with Crippen LogP contribution in [0.5, 0.6) is 0 Å². The fourth-order valence-corrected chi connectivity index (χ4v) is 2.85. The summed E-state index contributed by atoms with van der Waals surface area (Å²) in [7, 11) is 0. The van der Waals surface area contributed by atoms with E-state index in [-0.39, 0.29) is 18.5 Å². The molecule has 0 aliphatic carbocycles. The van der Waals surface area contributed by atoms with E-state index in [1.165, 1.54) is 31.4 Å². The van der Waals surface area contributed by atoms with Gasteiger partial charge in [0.1, 0.15) is 0 Å². The topological polar surface area (TPSA) is 12.5 Å². The number of fused-ring (bicyclic) bond motifs is 1. The van der Waals surface area contributed by atoms with E-state index in [1.54, 1.807) is 0 Å². The monoisotopic (exact) mass is 253 g/mol. The van der Waals surface area contributed by atoms with Crippen molar-refractivity contribution in [2.75, 3.05) is 19.7 Å². The molecule has 2 atom stereocenters. The van der Waals surface area contributed by atoms with Crippen molar-refractivity contribution in [3.63, 3.8) is 0 Å². The van der Waals surface area contributed by atoms with Gasteiger partial charge in [-0.3, -0.25) is 4.90 Å². The number of benzene rings is 1. The molecular weight excluding hydrogens is 234 g/mol. The van der Waals surface area contributed by atoms with Crippen LogP contribution in [0, 0.1) is 0 Å². The van der Waals surface area contributed by atoms with Crippen molar-refractivity contribution in [2.45, 2.75) is 31.4 Å². The Labute approximate surface area is 109 Å². The molecule has 2 saturated heterocycles.